The summed E-state index contributed by atoms with van der Waals surface area (Å²) in [4.78, 5) is 16.6. The predicted molar refractivity (Wildman–Crippen MR) is 87.2 cm³/mol. The van der Waals surface area contributed by atoms with Crippen molar-refractivity contribution in [3.05, 3.63) is 66.3 Å². The Balaban J connectivity index is 1.46. The van der Waals surface area contributed by atoms with Crippen LogP contribution in [-0.4, -0.2) is 26.2 Å². The van der Waals surface area contributed by atoms with Crippen molar-refractivity contribution in [1.29, 1.82) is 0 Å². The first-order valence-corrected chi connectivity index (χ1v) is 7.55. The highest BCUT2D eigenvalue weighted by Crippen LogP contribution is 2.21. The van der Waals surface area contributed by atoms with E-state index in [1.165, 1.54) is 12.5 Å². The van der Waals surface area contributed by atoms with E-state index in [1.54, 1.807) is 12.1 Å². The molecule has 0 unspecified atom stereocenters. The molecule has 0 aliphatic heterocycles. The highest BCUT2D eigenvalue weighted by molar-refractivity contribution is 5.99. The lowest BCUT2D eigenvalue weighted by Crippen LogP contribution is -2.23. The molecule has 3 heterocycles. The minimum Gasteiger partial charge on any atom is -0.459 e. The summed E-state index contributed by atoms with van der Waals surface area (Å²) in [6.45, 7) is 0.127. The molecule has 4 aromatic rings. The third-order valence-corrected chi connectivity index (χ3v) is 3.55. The molecule has 0 atom stereocenters. The lowest BCUT2D eigenvalue weighted by Gasteiger charge is -2.03. The average Bonchev–Trinajstić information content (AvgIpc) is 3.41. The second-order valence-corrected chi connectivity index (χ2v) is 5.20. The van der Waals surface area contributed by atoms with Crippen molar-refractivity contribution in [1.82, 2.24) is 25.7 Å². The Hall–Kier alpha value is -3.68. The quantitative estimate of drug-likeness (QED) is 0.580. The highest BCUT2D eigenvalue weighted by atomic mass is 16.5. The number of amides is 1. The molecule has 8 heteroatoms. The van der Waals surface area contributed by atoms with Crippen LogP contribution in [0.4, 0.5) is 0 Å². The van der Waals surface area contributed by atoms with Gasteiger partial charge in [0.1, 0.15) is 0 Å². The summed E-state index contributed by atoms with van der Waals surface area (Å²) >= 11 is 0. The maximum Gasteiger partial charge on any atom is 0.293 e. The molecule has 0 radical (unpaired) electrons. The van der Waals surface area contributed by atoms with Crippen molar-refractivity contribution in [3.63, 3.8) is 0 Å². The molecule has 8 nitrogen and oxygen atoms in total. The lowest BCUT2D eigenvalue weighted by molar-refractivity contribution is 0.0950. The van der Waals surface area contributed by atoms with Crippen molar-refractivity contribution < 1.29 is 13.7 Å². The molecular weight excluding hydrogens is 322 g/mol. The molecule has 0 saturated heterocycles. The Labute approximate surface area is 141 Å². The number of rotatable bonds is 5. The summed E-state index contributed by atoms with van der Waals surface area (Å²) in [5.41, 5.74) is 1.98. The van der Waals surface area contributed by atoms with E-state index in [2.05, 4.69) is 25.7 Å². The van der Waals surface area contributed by atoms with Crippen LogP contribution < -0.4 is 5.32 Å². The Kier molecular flexibility index (Phi) is 3.83. The number of nitrogens with zero attached hydrogens (tertiary/aromatic N) is 3. The molecule has 0 spiro atoms. The van der Waals surface area contributed by atoms with Crippen LogP contribution in [0.2, 0.25) is 0 Å². The normalized spacial score (nSPS) is 10.7. The Morgan fingerprint density at radius 2 is 2.04 bits per heavy atom. The van der Waals surface area contributed by atoms with E-state index >= 15 is 0 Å². The maximum atomic E-state index is 12.4. The standard InChI is InChI=1S/C17H13N5O3/c23-16(12-9-19-21-15(12)11-5-2-1-3-6-11)18-10-14-20-17(25-22-14)13-7-4-8-24-13/h1-9H,10H2,(H,18,23)(H,19,21). The summed E-state index contributed by atoms with van der Waals surface area (Å²) in [5, 5.41) is 13.4. The zero-order valence-electron chi connectivity index (χ0n) is 13.0. The molecule has 0 fully saturated rings. The summed E-state index contributed by atoms with van der Waals surface area (Å²) in [7, 11) is 0. The van der Waals surface area contributed by atoms with Crippen molar-refractivity contribution in [3.8, 4) is 22.9 Å². The number of H-pyrrole nitrogens is 1. The van der Waals surface area contributed by atoms with Crippen molar-refractivity contribution in [2.45, 2.75) is 6.54 Å². The Bertz CT molecular complexity index is 973. The molecule has 0 bridgehead atoms. The fourth-order valence-electron chi connectivity index (χ4n) is 2.36. The fraction of sp³-hybridized carbons (Fsp3) is 0.0588. The van der Waals surface area contributed by atoms with E-state index in [1.807, 2.05) is 30.3 Å². The van der Waals surface area contributed by atoms with E-state index in [9.17, 15) is 4.79 Å². The maximum absolute atomic E-state index is 12.4. The topological polar surface area (TPSA) is 110 Å². The van der Waals surface area contributed by atoms with Gasteiger partial charge in [-0.3, -0.25) is 9.89 Å². The van der Waals surface area contributed by atoms with E-state index in [0.717, 1.165) is 5.56 Å². The first-order chi connectivity index (χ1) is 12.3. The second-order valence-electron chi connectivity index (χ2n) is 5.20. The van der Waals surface area contributed by atoms with Gasteiger partial charge in [-0.05, 0) is 12.1 Å². The second kappa shape index (κ2) is 6.44. The SMILES string of the molecule is O=C(NCc1noc(-c2ccco2)n1)c1cn[nH]c1-c1ccccc1. The molecule has 3 aromatic heterocycles. The van der Waals surface area contributed by atoms with E-state index in [4.69, 9.17) is 8.94 Å². The predicted octanol–water partition coefficient (Wildman–Crippen LogP) is 2.65. The van der Waals surface area contributed by atoms with Crippen molar-refractivity contribution in [2.24, 2.45) is 0 Å². The van der Waals surface area contributed by atoms with Crippen LogP contribution >= 0.6 is 0 Å². The van der Waals surface area contributed by atoms with Crippen molar-refractivity contribution in [2.75, 3.05) is 0 Å². The van der Waals surface area contributed by atoms with Crippen LogP contribution in [0, 0.1) is 0 Å². The van der Waals surface area contributed by atoms with E-state index in [0.29, 0.717) is 22.8 Å². The third-order valence-electron chi connectivity index (χ3n) is 3.55. The van der Waals surface area contributed by atoms with Gasteiger partial charge in [0.05, 0.1) is 30.3 Å². The van der Waals surface area contributed by atoms with Gasteiger partial charge in [0.2, 0.25) is 0 Å². The number of hydrogen-bond donors (Lipinski definition) is 2. The summed E-state index contributed by atoms with van der Waals surface area (Å²) < 4.78 is 10.3. The number of carbonyl (C=O) groups is 1. The molecular formula is C17H13N5O3. The number of benzene rings is 1. The lowest BCUT2D eigenvalue weighted by atomic mass is 10.1. The molecule has 0 aliphatic carbocycles. The van der Waals surface area contributed by atoms with Crippen LogP contribution in [0.15, 0.2) is 63.9 Å². The summed E-state index contributed by atoms with van der Waals surface area (Å²) in [6, 6.07) is 12.9. The number of aromatic amines is 1. The van der Waals surface area contributed by atoms with Gasteiger partial charge in [-0.25, -0.2) is 0 Å². The van der Waals surface area contributed by atoms with Crippen molar-refractivity contribution >= 4 is 5.91 Å². The first-order valence-electron chi connectivity index (χ1n) is 7.55. The monoisotopic (exact) mass is 335 g/mol. The van der Waals surface area contributed by atoms with Crippen LogP contribution in [0.3, 0.4) is 0 Å². The highest BCUT2D eigenvalue weighted by Gasteiger charge is 2.16. The summed E-state index contributed by atoms with van der Waals surface area (Å²) in [5.74, 6) is 0.815. The van der Waals surface area contributed by atoms with Gasteiger partial charge in [-0.1, -0.05) is 35.5 Å². The van der Waals surface area contributed by atoms with Gasteiger partial charge in [-0.15, -0.1) is 0 Å². The average molecular weight is 335 g/mol. The number of carbonyl (C=O) groups excluding carboxylic acids is 1. The Morgan fingerprint density at radius 1 is 1.16 bits per heavy atom. The van der Waals surface area contributed by atoms with Crippen LogP contribution in [0.1, 0.15) is 16.2 Å². The van der Waals surface area contributed by atoms with Gasteiger partial charge >= 0.3 is 0 Å². The van der Waals surface area contributed by atoms with Crippen LogP contribution in [0.25, 0.3) is 22.9 Å². The van der Waals surface area contributed by atoms with Gasteiger partial charge < -0.3 is 14.3 Å². The molecule has 0 saturated carbocycles. The van der Waals surface area contributed by atoms with E-state index in [-0.39, 0.29) is 18.3 Å². The number of aromatic nitrogens is 4. The number of furan rings is 1. The zero-order chi connectivity index (χ0) is 17.1. The largest absolute Gasteiger partial charge is 0.459 e. The first kappa shape index (κ1) is 14.9. The third kappa shape index (κ3) is 3.05. The van der Waals surface area contributed by atoms with Crippen LogP contribution in [0.5, 0.6) is 0 Å². The minimum atomic E-state index is -0.281. The zero-order valence-corrected chi connectivity index (χ0v) is 13.0. The minimum absolute atomic E-state index is 0.127. The molecule has 0 aliphatic rings. The van der Waals surface area contributed by atoms with Crippen LogP contribution in [-0.2, 0) is 6.54 Å². The number of hydrogen-bond acceptors (Lipinski definition) is 6. The van der Waals surface area contributed by atoms with Gasteiger partial charge in [0, 0.05) is 5.56 Å². The van der Waals surface area contributed by atoms with Gasteiger partial charge in [0.15, 0.2) is 11.6 Å². The summed E-state index contributed by atoms with van der Waals surface area (Å²) in [6.07, 6.45) is 3.01. The number of nitrogens with one attached hydrogen (secondary N) is 2. The van der Waals surface area contributed by atoms with E-state index < -0.39 is 0 Å². The molecule has 124 valence electrons. The Morgan fingerprint density at radius 3 is 2.84 bits per heavy atom. The molecule has 1 amide bonds. The molecule has 1 aromatic carbocycles. The smallest absolute Gasteiger partial charge is 0.293 e. The fourth-order valence-corrected chi connectivity index (χ4v) is 2.36. The molecule has 4 rings (SSSR count). The molecule has 2 N–H and O–H groups in total. The van der Waals surface area contributed by atoms with Gasteiger partial charge in [-0.2, -0.15) is 10.1 Å². The molecule has 25 heavy (non-hydrogen) atoms. The van der Waals surface area contributed by atoms with Gasteiger partial charge in [0.25, 0.3) is 11.8 Å².